The second-order valence-corrected chi connectivity index (χ2v) is 12.2. The second-order valence-electron chi connectivity index (χ2n) is 9.66. The number of anilines is 2. The lowest BCUT2D eigenvalue weighted by Crippen LogP contribution is -2.33. The zero-order valence-corrected chi connectivity index (χ0v) is 23.4. The Morgan fingerprint density at radius 3 is 2.30 bits per heavy atom. The molecule has 2 aliphatic rings. The summed E-state index contributed by atoms with van der Waals surface area (Å²) in [4.78, 5) is 55.3. The summed E-state index contributed by atoms with van der Waals surface area (Å²) in [6, 6.07) is 20.2. The number of benzene rings is 3. The van der Waals surface area contributed by atoms with Crippen LogP contribution in [-0.4, -0.2) is 32.6 Å². The van der Waals surface area contributed by atoms with Crippen LogP contribution in [0.25, 0.3) is 0 Å². The van der Waals surface area contributed by atoms with Crippen molar-refractivity contribution in [1.29, 1.82) is 0 Å². The Labute approximate surface area is 242 Å². The van der Waals surface area contributed by atoms with Crippen LogP contribution in [0.1, 0.15) is 21.9 Å². The number of aromatic hydroxyl groups is 1. The Morgan fingerprint density at radius 2 is 1.62 bits per heavy atom. The van der Waals surface area contributed by atoms with Gasteiger partial charge in [-0.15, -0.1) is 0 Å². The molecule has 0 saturated carbocycles. The Balaban J connectivity index is 1.40. The van der Waals surface area contributed by atoms with Crippen molar-refractivity contribution in [1.82, 2.24) is 4.57 Å². The van der Waals surface area contributed by atoms with Crippen molar-refractivity contribution in [3.63, 3.8) is 0 Å². The Morgan fingerprint density at radius 1 is 0.950 bits per heavy atom. The van der Waals surface area contributed by atoms with Gasteiger partial charge in [0.2, 0.25) is 17.7 Å². The van der Waals surface area contributed by atoms with E-state index in [1.165, 1.54) is 21.6 Å². The van der Waals surface area contributed by atoms with Crippen molar-refractivity contribution in [3.8, 4) is 5.75 Å². The molecule has 3 amide bonds. The highest BCUT2D eigenvalue weighted by atomic mass is 35.5. The van der Waals surface area contributed by atoms with Crippen LogP contribution in [0.2, 0.25) is 5.02 Å². The van der Waals surface area contributed by atoms with Gasteiger partial charge in [-0.1, -0.05) is 64.5 Å². The molecule has 8 nitrogen and oxygen atoms in total. The molecule has 202 valence electrons. The number of carbonyl (C=O) groups excluding carboxylic acids is 3. The minimum Gasteiger partial charge on any atom is -0.508 e. The molecule has 3 aromatic carbocycles. The molecule has 11 heteroatoms. The quantitative estimate of drug-likeness (QED) is 0.316. The topological polar surface area (TPSA) is 109 Å². The summed E-state index contributed by atoms with van der Waals surface area (Å²) >= 11 is 8.06. The molecule has 4 aromatic rings. The highest BCUT2D eigenvalue weighted by Gasteiger charge is 2.56. The van der Waals surface area contributed by atoms with E-state index in [0.29, 0.717) is 31.9 Å². The zero-order chi connectivity index (χ0) is 28.1. The third-order valence-electron chi connectivity index (χ3n) is 7.02. The molecule has 3 atom stereocenters. The lowest BCUT2D eigenvalue weighted by Gasteiger charge is -2.30. The van der Waals surface area contributed by atoms with Gasteiger partial charge in [0.05, 0.1) is 16.6 Å². The second kappa shape index (κ2) is 10.3. The number of nitrogens with one attached hydrogen (secondary N) is 1. The first-order valence-corrected chi connectivity index (χ1v) is 14.5. The minimum atomic E-state index is -0.792. The van der Waals surface area contributed by atoms with Crippen LogP contribution in [0.5, 0.6) is 5.75 Å². The fraction of sp³-hybridized carbons (Fsp3) is 0.172. The largest absolute Gasteiger partial charge is 0.508 e. The fourth-order valence-electron chi connectivity index (χ4n) is 5.12. The number of aryl methyl sites for hydroxylation is 1. The number of halogens is 1. The number of carbonyl (C=O) groups is 3. The van der Waals surface area contributed by atoms with Gasteiger partial charge in [-0.3, -0.25) is 23.7 Å². The molecule has 6 rings (SSSR count). The van der Waals surface area contributed by atoms with Crippen LogP contribution in [0.4, 0.5) is 11.4 Å². The number of phenolic OH excluding ortho intramolecular Hbond substituents is 1. The van der Waals surface area contributed by atoms with E-state index < -0.39 is 23.0 Å². The molecular weight excluding hydrogens is 570 g/mol. The molecule has 1 aromatic heterocycles. The molecule has 0 spiro atoms. The highest BCUT2D eigenvalue weighted by molar-refractivity contribution is 8.00. The van der Waals surface area contributed by atoms with E-state index in [1.54, 1.807) is 48.5 Å². The number of fused-ring (bicyclic) bond motifs is 2. The molecule has 0 radical (unpaired) electrons. The first-order chi connectivity index (χ1) is 19.2. The van der Waals surface area contributed by atoms with Crippen LogP contribution in [0.3, 0.4) is 0 Å². The number of phenols is 1. The van der Waals surface area contributed by atoms with Crippen LogP contribution in [0, 0.1) is 12.8 Å². The number of thioether (sulfide) groups is 1. The van der Waals surface area contributed by atoms with Crippen LogP contribution in [-0.2, 0) is 20.9 Å². The van der Waals surface area contributed by atoms with E-state index in [0.717, 1.165) is 28.7 Å². The maximum Gasteiger partial charge on any atom is 0.308 e. The van der Waals surface area contributed by atoms with Gasteiger partial charge in [0.1, 0.15) is 17.5 Å². The maximum absolute atomic E-state index is 13.9. The van der Waals surface area contributed by atoms with E-state index in [2.05, 4.69) is 5.32 Å². The van der Waals surface area contributed by atoms with Crippen molar-refractivity contribution in [3.05, 3.63) is 103 Å². The lowest BCUT2D eigenvalue weighted by atomic mass is 9.83. The Bertz CT molecular complexity index is 1700. The molecule has 3 heterocycles. The number of aromatic nitrogens is 1. The van der Waals surface area contributed by atoms with Gasteiger partial charge in [0, 0.05) is 21.5 Å². The molecule has 2 N–H and O–H groups in total. The number of amides is 3. The summed E-state index contributed by atoms with van der Waals surface area (Å²) in [5.41, 5.74) is 2.72. The van der Waals surface area contributed by atoms with E-state index in [-0.39, 0.29) is 29.0 Å². The number of imide groups is 1. The molecular formula is C29H22ClN3O5S2. The van der Waals surface area contributed by atoms with Crippen molar-refractivity contribution in [2.24, 2.45) is 5.92 Å². The molecule has 1 fully saturated rings. The summed E-state index contributed by atoms with van der Waals surface area (Å²) in [6.45, 7) is 1.66. The van der Waals surface area contributed by atoms with E-state index in [4.69, 9.17) is 11.6 Å². The van der Waals surface area contributed by atoms with E-state index >= 15 is 0 Å². The first kappa shape index (κ1) is 26.4. The maximum atomic E-state index is 13.9. The number of hydrogen-bond acceptors (Lipinski definition) is 7. The Hall–Kier alpha value is -3.86. The van der Waals surface area contributed by atoms with Crippen molar-refractivity contribution in [2.75, 3.05) is 10.2 Å². The number of thiazole rings is 1. The van der Waals surface area contributed by atoms with Crippen molar-refractivity contribution < 1.29 is 19.5 Å². The average Bonchev–Trinajstić information content (AvgIpc) is 3.37. The molecule has 0 bridgehead atoms. The van der Waals surface area contributed by atoms with Gasteiger partial charge in [-0.05, 0) is 61.0 Å². The van der Waals surface area contributed by atoms with Gasteiger partial charge in [0.25, 0.3) is 0 Å². The molecule has 40 heavy (non-hydrogen) atoms. The van der Waals surface area contributed by atoms with Gasteiger partial charge in [-0.25, -0.2) is 4.90 Å². The molecule has 0 aliphatic carbocycles. The predicted octanol–water partition coefficient (Wildman–Crippen LogP) is 5.01. The molecule has 2 unspecified atom stereocenters. The van der Waals surface area contributed by atoms with Crippen molar-refractivity contribution in [2.45, 2.75) is 29.7 Å². The summed E-state index contributed by atoms with van der Waals surface area (Å²) < 4.78 is 1.37. The minimum absolute atomic E-state index is 0.0606. The summed E-state index contributed by atoms with van der Waals surface area (Å²) in [5.74, 6) is -2.43. The third kappa shape index (κ3) is 4.61. The number of hydrogen-bond donors (Lipinski definition) is 2. The van der Waals surface area contributed by atoms with E-state index in [9.17, 15) is 24.3 Å². The van der Waals surface area contributed by atoms with E-state index in [1.807, 2.05) is 19.1 Å². The summed E-state index contributed by atoms with van der Waals surface area (Å²) in [7, 11) is 0. The summed E-state index contributed by atoms with van der Waals surface area (Å²) in [5, 5.41) is 12.9. The number of nitrogens with zero attached hydrogens (tertiary/aromatic N) is 2. The summed E-state index contributed by atoms with van der Waals surface area (Å²) in [6.07, 6.45) is 0. The van der Waals surface area contributed by atoms with Gasteiger partial charge in [-0.2, -0.15) is 0 Å². The van der Waals surface area contributed by atoms with Crippen molar-refractivity contribution >= 4 is 63.8 Å². The van der Waals surface area contributed by atoms with Gasteiger partial charge < -0.3 is 10.4 Å². The third-order valence-corrected chi connectivity index (χ3v) is 9.88. The molecule has 2 aliphatic heterocycles. The van der Waals surface area contributed by atoms with Crippen LogP contribution >= 0.6 is 34.7 Å². The normalized spacial score (nSPS) is 19.9. The smallest absolute Gasteiger partial charge is 0.308 e. The predicted molar refractivity (Wildman–Crippen MR) is 155 cm³/mol. The standard InChI is InChI=1S/C29H22ClN3O5S2/c1-15-2-10-19(11-3-15)33-26(36)23-22(16-4-12-20(34)13-5-16)25-28(39-24(23)27(33)37)32(29(38)40-25)14-21(35)31-18-8-6-17(30)7-9-18/h2-13,22-24,34H,14H2,1H3,(H,31,35)/t22-,23?,24?/m0/s1. The van der Waals surface area contributed by atoms with Gasteiger partial charge in [0.15, 0.2) is 0 Å². The lowest BCUT2D eigenvalue weighted by molar-refractivity contribution is -0.122. The Kier molecular flexibility index (Phi) is 6.77. The van der Waals surface area contributed by atoms with Crippen LogP contribution < -0.4 is 15.1 Å². The van der Waals surface area contributed by atoms with Gasteiger partial charge >= 0.3 is 4.87 Å². The monoisotopic (exact) mass is 591 g/mol. The fourth-order valence-corrected chi connectivity index (χ4v) is 8.02. The first-order valence-electron chi connectivity index (χ1n) is 12.4. The zero-order valence-electron chi connectivity index (χ0n) is 21.0. The molecule has 1 saturated heterocycles. The highest BCUT2D eigenvalue weighted by Crippen LogP contribution is 2.54. The average molecular weight is 592 g/mol. The SMILES string of the molecule is Cc1ccc(N2C(=O)C3Sc4c(sc(=O)n4CC(=O)Nc4ccc(Cl)cc4)[C@@H](c4ccc(O)cc4)C3C2=O)cc1. The number of rotatable bonds is 5. The van der Waals surface area contributed by atoms with Crippen LogP contribution in [0.15, 0.2) is 82.6 Å².